The molecule has 1 rings (SSSR count). The van der Waals surface area contributed by atoms with E-state index < -0.39 is 8.32 Å². The van der Waals surface area contributed by atoms with Crippen LogP contribution >= 0.6 is 0 Å². The SMILES string of the molecule is CCOC(=O)c1cccc(O[Si](C)(C)C(C)(C)C)c1C. The second-order valence-electron chi connectivity index (χ2n) is 6.51. The van der Waals surface area contributed by atoms with E-state index in [2.05, 4.69) is 33.9 Å². The number of carbonyl (C=O) groups excluding carboxylic acids is 1. The molecule has 1 aromatic carbocycles. The van der Waals surface area contributed by atoms with Crippen LogP contribution in [0.5, 0.6) is 5.75 Å². The van der Waals surface area contributed by atoms with E-state index >= 15 is 0 Å². The minimum absolute atomic E-state index is 0.124. The largest absolute Gasteiger partial charge is 0.543 e. The van der Waals surface area contributed by atoms with Crippen molar-refractivity contribution in [3.63, 3.8) is 0 Å². The van der Waals surface area contributed by atoms with Crippen molar-refractivity contribution in [3.8, 4) is 5.75 Å². The summed E-state index contributed by atoms with van der Waals surface area (Å²) in [5.74, 6) is 0.507. The first-order valence-corrected chi connectivity index (χ1v) is 9.96. The molecule has 4 heteroatoms. The molecule has 1 aromatic rings. The van der Waals surface area contributed by atoms with Gasteiger partial charge in [0.1, 0.15) is 5.75 Å². The summed E-state index contributed by atoms with van der Waals surface area (Å²) in [6.07, 6.45) is 0. The Morgan fingerprint density at radius 3 is 2.35 bits per heavy atom. The van der Waals surface area contributed by atoms with Crippen molar-refractivity contribution in [2.75, 3.05) is 6.61 Å². The summed E-state index contributed by atoms with van der Waals surface area (Å²) in [5, 5.41) is 0.124. The number of carbonyl (C=O) groups is 1. The van der Waals surface area contributed by atoms with Gasteiger partial charge in [-0.1, -0.05) is 26.8 Å². The zero-order valence-electron chi connectivity index (χ0n) is 13.7. The molecule has 0 saturated heterocycles. The molecule has 0 N–H and O–H groups in total. The van der Waals surface area contributed by atoms with Crippen LogP contribution in [-0.4, -0.2) is 20.9 Å². The molecule has 0 aliphatic heterocycles. The molecule has 0 bridgehead atoms. The fourth-order valence-electron chi connectivity index (χ4n) is 1.58. The summed E-state index contributed by atoms with van der Waals surface area (Å²) < 4.78 is 11.4. The molecule has 0 unspecified atom stereocenters. The molecule has 0 amide bonds. The summed E-state index contributed by atoms with van der Waals surface area (Å²) >= 11 is 0. The number of hydrogen-bond donors (Lipinski definition) is 0. The first kappa shape index (κ1) is 16.8. The van der Waals surface area contributed by atoms with Crippen LogP contribution in [0.15, 0.2) is 18.2 Å². The molecule has 0 heterocycles. The standard InChI is InChI=1S/C16H26O3Si/c1-8-18-15(17)13-10-9-11-14(12(13)2)19-20(6,7)16(3,4)5/h9-11H,8H2,1-7H3. The molecule has 0 fully saturated rings. The Morgan fingerprint density at radius 2 is 1.85 bits per heavy atom. The highest BCUT2D eigenvalue weighted by molar-refractivity contribution is 6.74. The van der Waals surface area contributed by atoms with Crippen LogP contribution in [0.4, 0.5) is 0 Å². The molecule has 0 aliphatic rings. The topological polar surface area (TPSA) is 35.5 Å². The van der Waals surface area contributed by atoms with Crippen LogP contribution in [0.3, 0.4) is 0 Å². The molecular weight excluding hydrogens is 268 g/mol. The highest BCUT2D eigenvalue weighted by Crippen LogP contribution is 2.38. The van der Waals surface area contributed by atoms with Crippen molar-refractivity contribution in [2.24, 2.45) is 0 Å². The van der Waals surface area contributed by atoms with Gasteiger partial charge in [-0.3, -0.25) is 0 Å². The van der Waals surface area contributed by atoms with E-state index in [0.717, 1.165) is 11.3 Å². The quantitative estimate of drug-likeness (QED) is 0.603. The van der Waals surface area contributed by atoms with Crippen LogP contribution in [-0.2, 0) is 4.74 Å². The second-order valence-corrected chi connectivity index (χ2v) is 11.2. The van der Waals surface area contributed by atoms with Gasteiger partial charge in [0.25, 0.3) is 0 Å². The molecule has 0 radical (unpaired) electrons. The third kappa shape index (κ3) is 3.63. The highest BCUT2D eigenvalue weighted by Gasteiger charge is 2.39. The van der Waals surface area contributed by atoms with E-state index in [0.29, 0.717) is 12.2 Å². The summed E-state index contributed by atoms with van der Waals surface area (Å²) in [4.78, 5) is 11.9. The van der Waals surface area contributed by atoms with Gasteiger partial charge in [0.05, 0.1) is 12.2 Å². The third-order valence-corrected chi connectivity index (χ3v) is 8.29. The van der Waals surface area contributed by atoms with Crippen LogP contribution in [0.1, 0.15) is 43.6 Å². The molecular formula is C16H26O3Si. The zero-order valence-corrected chi connectivity index (χ0v) is 14.7. The van der Waals surface area contributed by atoms with Gasteiger partial charge in [-0.05, 0) is 44.1 Å². The monoisotopic (exact) mass is 294 g/mol. The second kappa shape index (κ2) is 6.00. The number of benzene rings is 1. The molecule has 20 heavy (non-hydrogen) atoms. The van der Waals surface area contributed by atoms with E-state index in [4.69, 9.17) is 9.16 Å². The van der Waals surface area contributed by atoms with Crippen molar-refractivity contribution in [1.82, 2.24) is 0 Å². The Labute approximate surface area is 123 Å². The molecule has 3 nitrogen and oxygen atoms in total. The van der Waals surface area contributed by atoms with Gasteiger partial charge >= 0.3 is 5.97 Å². The predicted molar refractivity (Wildman–Crippen MR) is 85.0 cm³/mol. The van der Waals surface area contributed by atoms with Gasteiger partial charge < -0.3 is 9.16 Å². The molecule has 112 valence electrons. The van der Waals surface area contributed by atoms with Crippen LogP contribution in [0.2, 0.25) is 18.1 Å². The Kier molecular flexibility index (Phi) is 5.03. The van der Waals surface area contributed by atoms with Crippen molar-refractivity contribution in [2.45, 2.75) is 52.8 Å². The Bertz CT molecular complexity index is 487. The normalized spacial score (nSPS) is 12.2. The summed E-state index contributed by atoms with van der Waals surface area (Å²) in [6, 6.07) is 5.56. The minimum atomic E-state index is -1.91. The van der Waals surface area contributed by atoms with Gasteiger partial charge in [0.15, 0.2) is 0 Å². The van der Waals surface area contributed by atoms with Gasteiger partial charge in [-0.15, -0.1) is 0 Å². The maximum absolute atomic E-state index is 11.9. The van der Waals surface area contributed by atoms with Crippen LogP contribution in [0.25, 0.3) is 0 Å². The van der Waals surface area contributed by atoms with Crippen molar-refractivity contribution < 1.29 is 14.0 Å². The number of hydrogen-bond acceptors (Lipinski definition) is 3. The van der Waals surface area contributed by atoms with Crippen molar-refractivity contribution in [1.29, 1.82) is 0 Å². The number of esters is 1. The molecule has 0 aliphatic carbocycles. The van der Waals surface area contributed by atoms with E-state index in [-0.39, 0.29) is 11.0 Å². The van der Waals surface area contributed by atoms with Gasteiger partial charge in [0.2, 0.25) is 8.32 Å². The molecule has 0 aromatic heterocycles. The summed E-state index contributed by atoms with van der Waals surface area (Å²) in [7, 11) is -1.91. The van der Waals surface area contributed by atoms with E-state index in [1.165, 1.54) is 0 Å². The maximum Gasteiger partial charge on any atom is 0.338 e. The summed E-state index contributed by atoms with van der Waals surface area (Å²) in [6.45, 7) is 15.1. The predicted octanol–water partition coefficient (Wildman–Crippen LogP) is 4.56. The number of ether oxygens (including phenoxy) is 1. The fourth-order valence-corrected chi connectivity index (χ4v) is 2.66. The fraction of sp³-hybridized carbons (Fsp3) is 0.562. The molecule has 0 saturated carbocycles. The third-order valence-electron chi connectivity index (χ3n) is 3.95. The van der Waals surface area contributed by atoms with Gasteiger partial charge in [-0.2, -0.15) is 0 Å². The Balaban J connectivity index is 3.10. The average Bonchev–Trinajstić information content (AvgIpc) is 2.30. The zero-order chi connectivity index (χ0) is 15.6. The minimum Gasteiger partial charge on any atom is -0.543 e. The van der Waals surface area contributed by atoms with Gasteiger partial charge in [-0.25, -0.2) is 4.79 Å². The highest BCUT2D eigenvalue weighted by atomic mass is 28.4. The smallest absolute Gasteiger partial charge is 0.338 e. The van der Waals surface area contributed by atoms with E-state index in [1.54, 1.807) is 6.07 Å². The lowest BCUT2D eigenvalue weighted by molar-refractivity contribution is 0.0525. The summed E-state index contributed by atoms with van der Waals surface area (Å²) in [5.41, 5.74) is 1.44. The van der Waals surface area contributed by atoms with Gasteiger partial charge in [0, 0.05) is 5.56 Å². The first-order valence-electron chi connectivity index (χ1n) is 7.06. The van der Waals surface area contributed by atoms with Crippen molar-refractivity contribution in [3.05, 3.63) is 29.3 Å². The lowest BCUT2D eigenvalue weighted by atomic mass is 10.1. The first-order chi connectivity index (χ1) is 9.10. The lowest BCUT2D eigenvalue weighted by Gasteiger charge is -2.37. The number of rotatable bonds is 4. The lowest BCUT2D eigenvalue weighted by Crippen LogP contribution is -2.44. The van der Waals surface area contributed by atoms with E-state index in [1.807, 2.05) is 26.0 Å². The Morgan fingerprint density at radius 1 is 1.25 bits per heavy atom. The van der Waals surface area contributed by atoms with E-state index in [9.17, 15) is 4.79 Å². The van der Waals surface area contributed by atoms with Crippen LogP contribution in [0, 0.1) is 6.92 Å². The Hall–Kier alpha value is -1.29. The molecule has 0 spiro atoms. The van der Waals surface area contributed by atoms with Crippen molar-refractivity contribution >= 4 is 14.3 Å². The average molecular weight is 294 g/mol. The molecule has 0 atom stereocenters. The maximum atomic E-state index is 11.9. The van der Waals surface area contributed by atoms with Crippen LogP contribution < -0.4 is 4.43 Å².